The van der Waals surface area contributed by atoms with Gasteiger partial charge in [-0.25, -0.2) is 4.39 Å². The smallest absolute Gasteiger partial charge is 0.121 e. The van der Waals surface area contributed by atoms with E-state index in [1.54, 1.807) is 6.92 Å². The summed E-state index contributed by atoms with van der Waals surface area (Å²) in [7, 11) is 4.24. The molecule has 0 atom stereocenters. The van der Waals surface area contributed by atoms with Crippen LogP contribution in [0.1, 0.15) is 37.9 Å². The summed E-state index contributed by atoms with van der Waals surface area (Å²) in [4.78, 5) is 12.2. The van der Waals surface area contributed by atoms with Gasteiger partial charge in [0, 0.05) is 36.8 Å². The highest BCUT2D eigenvalue weighted by Crippen LogP contribution is 2.37. The minimum atomic E-state index is -0.136. The van der Waals surface area contributed by atoms with E-state index in [1.165, 1.54) is 0 Å². The van der Waals surface area contributed by atoms with Crippen molar-refractivity contribution in [3.05, 3.63) is 29.3 Å². The molecule has 0 saturated carbocycles. The SMILES string of the molecule is CCNc1[nH]c2cnc(C)cc2c1/C(=C(\C)F)N1CCC(N(C)C)CC1. The Bertz CT molecular complexity index is 796. The highest BCUT2D eigenvalue weighted by Gasteiger charge is 2.27. The van der Waals surface area contributed by atoms with Gasteiger partial charge in [-0.1, -0.05) is 0 Å². The lowest BCUT2D eigenvalue weighted by Gasteiger charge is -2.38. The van der Waals surface area contributed by atoms with Crippen molar-refractivity contribution in [1.29, 1.82) is 0 Å². The van der Waals surface area contributed by atoms with Crippen molar-refractivity contribution in [2.75, 3.05) is 39.0 Å². The third-order valence-electron chi connectivity index (χ3n) is 5.25. The molecule has 1 aliphatic rings. The summed E-state index contributed by atoms with van der Waals surface area (Å²) >= 11 is 0. The minimum absolute atomic E-state index is 0.136. The molecule has 0 radical (unpaired) electrons. The summed E-state index contributed by atoms with van der Waals surface area (Å²) in [5.41, 5.74) is 3.50. The zero-order valence-electron chi connectivity index (χ0n) is 16.5. The van der Waals surface area contributed by atoms with Crippen LogP contribution in [0, 0.1) is 6.92 Å². The summed E-state index contributed by atoms with van der Waals surface area (Å²) in [6.07, 6.45) is 3.92. The number of fused-ring (bicyclic) bond motifs is 1. The fourth-order valence-electron chi connectivity index (χ4n) is 3.91. The van der Waals surface area contributed by atoms with Crippen LogP contribution in [-0.4, -0.2) is 59.5 Å². The highest BCUT2D eigenvalue weighted by molar-refractivity contribution is 5.98. The molecular formula is C20H30FN5. The van der Waals surface area contributed by atoms with E-state index in [2.05, 4.69) is 39.2 Å². The first-order valence-corrected chi connectivity index (χ1v) is 9.42. The zero-order chi connectivity index (χ0) is 18.8. The summed E-state index contributed by atoms with van der Waals surface area (Å²) < 4.78 is 14.8. The van der Waals surface area contributed by atoms with Crippen LogP contribution in [0.25, 0.3) is 16.6 Å². The van der Waals surface area contributed by atoms with Crippen LogP contribution in [0.3, 0.4) is 0 Å². The van der Waals surface area contributed by atoms with E-state index in [1.807, 2.05) is 26.1 Å². The minimum Gasteiger partial charge on any atom is -0.371 e. The van der Waals surface area contributed by atoms with Crippen LogP contribution in [0.4, 0.5) is 10.2 Å². The fraction of sp³-hybridized carbons (Fsp3) is 0.550. The van der Waals surface area contributed by atoms with Gasteiger partial charge in [0.15, 0.2) is 0 Å². The molecule has 142 valence electrons. The largest absolute Gasteiger partial charge is 0.371 e. The number of rotatable bonds is 5. The molecule has 2 N–H and O–H groups in total. The number of aromatic nitrogens is 2. The van der Waals surface area contributed by atoms with Crippen LogP contribution in [0.5, 0.6) is 0 Å². The van der Waals surface area contributed by atoms with Crippen molar-refractivity contribution in [3.8, 4) is 0 Å². The highest BCUT2D eigenvalue weighted by atomic mass is 19.1. The Labute approximate surface area is 155 Å². The van der Waals surface area contributed by atoms with Gasteiger partial charge in [-0.15, -0.1) is 0 Å². The second kappa shape index (κ2) is 7.66. The maximum Gasteiger partial charge on any atom is 0.121 e. The van der Waals surface area contributed by atoms with Gasteiger partial charge in [-0.3, -0.25) is 4.98 Å². The van der Waals surface area contributed by atoms with Crippen molar-refractivity contribution >= 4 is 22.4 Å². The predicted molar refractivity (Wildman–Crippen MR) is 107 cm³/mol. The third kappa shape index (κ3) is 3.56. The van der Waals surface area contributed by atoms with Crippen LogP contribution in [-0.2, 0) is 0 Å². The summed E-state index contributed by atoms with van der Waals surface area (Å²) in [6.45, 7) is 8.08. The molecule has 1 aliphatic heterocycles. The molecule has 0 unspecified atom stereocenters. The van der Waals surface area contributed by atoms with E-state index in [4.69, 9.17) is 0 Å². The van der Waals surface area contributed by atoms with Gasteiger partial charge in [0.1, 0.15) is 11.6 Å². The molecule has 1 saturated heterocycles. The first-order valence-electron chi connectivity index (χ1n) is 9.42. The lowest BCUT2D eigenvalue weighted by atomic mass is 10.0. The number of nitrogens with one attached hydrogen (secondary N) is 2. The molecule has 26 heavy (non-hydrogen) atoms. The maximum atomic E-state index is 14.8. The number of piperidine rings is 1. The Morgan fingerprint density at radius 1 is 1.38 bits per heavy atom. The molecule has 3 rings (SSSR count). The van der Waals surface area contributed by atoms with E-state index in [0.717, 1.165) is 60.5 Å². The molecule has 0 aromatic carbocycles. The number of H-pyrrole nitrogens is 1. The number of pyridine rings is 1. The second-order valence-corrected chi connectivity index (χ2v) is 7.34. The van der Waals surface area contributed by atoms with E-state index < -0.39 is 0 Å². The third-order valence-corrected chi connectivity index (χ3v) is 5.25. The van der Waals surface area contributed by atoms with E-state index in [-0.39, 0.29) is 5.83 Å². The van der Waals surface area contributed by atoms with E-state index in [9.17, 15) is 4.39 Å². The normalized spacial score (nSPS) is 17.1. The number of halogens is 1. The number of likely N-dealkylation sites (tertiary alicyclic amines) is 1. The number of aryl methyl sites for hydroxylation is 1. The van der Waals surface area contributed by atoms with Crippen molar-refractivity contribution in [2.24, 2.45) is 0 Å². The maximum absolute atomic E-state index is 14.8. The Hall–Kier alpha value is -2.08. The van der Waals surface area contributed by atoms with Gasteiger partial charge in [0.2, 0.25) is 0 Å². The molecular weight excluding hydrogens is 329 g/mol. The summed E-state index contributed by atoms with van der Waals surface area (Å²) in [6, 6.07) is 2.60. The molecule has 0 bridgehead atoms. The van der Waals surface area contributed by atoms with Crippen LogP contribution in [0.15, 0.2) is 18.1 Å². The van der Waals surface area contributed by atoms with E-state index >= 15 is 0 Å². The lowest BCUT2D eigenvalue weighted by molar-refractivity contribution is 0.184. The van der Waals surface area contributed by atoms with Crippen molar-refractivity contribution in [1.82, 2.24) is 19.8 Å². The second-order valence-electron chi connectivity index (χ2n) is 7.34. The van der Waals surface area contributed by atoms with Crippen molar-refractivity contribution in [2.45, 2.75) is 39.7 Å². The number of hydrogen-bond donors (Lipinski definition) is 2. The molecule has 6 heteroatoms. The van der Waals surface area contributed by atoms with Crippen molar-refractivity contribution in [3.63, 3.8) is 0 Å². The number of aromatic amines is 1. The summed E-state index contributed by atoms with van der Waals surface area (Å²) in [5.74, 6) is 0.736. The monoisotopic (exact) mass is 359 g/mol. The number of nitrogens with zero attached hydrogens (tertiary/aromatic N) is 3. The molecule has 0 amide bonds. The van der Waals surface area contributed by atoms with Crippen LogP contribution in [0.2, 0.25) is 0 Å². The van der Waals surface area contributed by atoms with Gasteiger partial charge in [-0.2, -0.15) is 0 Å². The quantitative estimate of drug-likeness (QED) is 0.847. The molecule has 1 fully saturated rings. The Balaban J connectivity index is 2.05. The van der Waals surface area contributed by atoms with Crippen LogP contribution >= 0.6 is 0 Å². The molecule has 2 aromatic heterocycles. The Kier molecular flexibility index (Phi) is 5.51. The molecule has 5 nitrogen and oxygen atoms in total. The van der Waals surface area contributed by atoms with Crippen LogP contribution < -0.4 is 5.32 Å². The first-order chi connectivity index (χ1) is 12.4. The number of anilines is 1. The molecule has 2 aromatic rings. The van der Waals surface area contributed by atoms with Gasteiger partial charge in [-0.05, 0) is 53.8 Å². The average molecular weight is 359 g/mol. The number of allylic oxidation sites excluding steroid dienone is 1. The average Bonchev–Trinajstić information content (AvgIpc) is 2.93. The Morgan fingerprint density at radius 2 is 2.08 bits per heavy atom. The van der Waals surface area contributed by atoms with Gasteiger partial charge in [0.25, 0.3) is 0 Å². The van der Waals surface area contributed by atoms with Crippen molar-refractivity contribution < 1.29 is 4.39 Å². The zero-order valence-corrected chi connectivity index (χ0v) is 16.5. The van der Waals surface area contributed by atoms with E-state index in [0.29, 0.717) is 11.7 Å². The summed E-state index contributed by atoms with van der Waals surface area (Å²) in [5, 5.41) is 4.39. The first kappa shape index (κ1) is 18.7. The molecule has 3 heterocycles. The topological polar surface area (TPSA) is 47.2 Å². The Morgan fingerprint density at radius 3 is 2.65 bits per heavy atom. The predicted octanol–water partition coefficient (Wildman–Crippen LogP) is 3.99. The molecule has 0 aliphatic carbocycles. The fourth-order valence-corrected chi connectivity index (χ4v) is 3.91. The van der Waals surface area contributed by atoms with Gasteiger partial charge in [0.05, 0.1) is 23.0 Å². The lowest BCUT2D eigenvalue weighted by Crippen LogP contribution is -2.41. The standard InChI is InChI=1S/C20H30FN5/c1-6-22-20-18(16-11-13(2)23-12-17(16)24-20)19(14(3)21)26-9-7-15(8-10-26)25(4)5/h11-12,15,22,24H,6-10H2,1-5H3/b19-14-. The number of hydrogen-bond acceptors (Lipinski definition) is 4. The molecule has 0 spiro atoms. The van der Waals surface area contributed by atoms with Gasteiger partial charge < -0.3 is 20.1 Å². The van der Waals surface area contributed by atoms with Gasteiger partial charge >= 0.3 is 0 Å².